The predicted molar refractivity (Wildman–Crippen MR) is 123 cm³/mol. The van der Waals surface area contributed by atoms with Gasteiger partial charge in [-0.25, -0.2) is 4.79 Å². The summed E-state index contributed by atoms with van der Waals surface area (Å²) in [6.45, 7) is 1.03. The van der Waals surface area contributed by atoms with E-state index in [9.17, 15) is 29.4 Å². The molecule has 4 unspecified atom stereocenters. The number of aromatic hydroxyl groups is 1. The van der Waals surface area contributed by atoms with Gasteiger partial charge in [0.2, 0.25) is 17.7 Å². The van der Waals surface area contributed by atoms with E-state index in [0.29, 0.717) is 24.8 Å². The first-order valence-electron chi connectivity index (χ1n) is 11.1. The van der Waals surface area contributed by atoms with Crippen molar-refractivity contribution in [3.63, 3.8) is 0 Å². The summed E-state index contributed by atoms with van der Waals surface area (Å²) in [5.74, 6) is -2.35. The average molecular weight is 479 g/mol. The van der Waals surface area contributed by atoms with Crippen LogP contribution in [0.1, 0.15) is 31.2 Å². The van der Waals surface area contributed by atoms with Crippen LogP contribution in [0.15, 0.2) is 24.3 Å². The Morgan fingerprint density at radius 2 is 1.82 bits per heavy atom. The van der Waals surface area contributed by atoms with Gasteiger partial charge in [0, 0.05) is 18.7 Å². The highest BCUT2D eigenvalue weighted by Crippen LogP contribution is 2.20. The minimum Gasteiger partial charge on any atom is -0.508 e. The number of aliphatic carboxylic acids is 1. The number of carboxylic acid groups (broad SMARTS) is 1. The van der Waals surface area contributed by atoms with E-state index < -0.39 is 35.9 Å². The largest absolute Gasteiger partial charge is 0.508 e. The van der Waals surface area contributed by atoms with Crippen molar-refractivity contribution in [1.82, 2.24) is 20.9 Å². The highest BCUT2D eigenvalue weighted by atomic mass is 32.1. The van der Waals surface area contributed by atoms with Gasteiger partial charge in [-0.2, -0.15) is 12.6 Å². The molecule has 3 amide bonds. The molecule has 5 N–H and O–H groups in total. The monoisotopic (exact) mass is 478 g/mol. The molecule has 2 fully saturated rings. The molecule has 2 aliphatic rings. The maximum atomic E-state index is 13.3. The highest BCUT2D eigenvalue weighted by molar-refractivity contribution is 7.80. The number of phenolic OH excluding ortho intramolecular Hbond substituents is 1. The van der Waals surface area contributed by atoms with Gasteiger partial charge in [-0.05, 0) is 49.9 Å². The summed E-state index contributed by atoms with van der Waals surface area (Å²) in [4.78, 5) is 51.6. The van der Waals surface area contributed by atoms with Crippen LogP contribution in [0.2, 0.25) is 0 Å². The molecule has 3 rings (SSSR count). The standard InChI is InChI=1S/C22H30N4O6S/c27-14-7-5-13(6-8-14)11-16(21(30)26-10-2-4-18(26)22(31)32)24-20(29)17(12-33)25-19(28)15-3-1-9-23-15/h5-8,15-18,23,27,33H,1-4,9-12H2,(H,24,29)(H,25,28)(H,31,32). The van der Waals surface area contributed by atoms with Crippen LogP contribution in [0.25, 0.3) is 0 Å². The molecule has 0 aliphatic carbocycles. The van der Waals surface area contributed by atoms with E-state index in [1.165, 1.54) is 17.0 Å². The highest BCUT2D eigenvalue weighted by Gasteiger charge is 2.38. The molecule has 33 heavy (non-hydrogen) atoms. The van der Waals surface area contributed by atoms with Gasteiger partial charge < -0.3 is 31.1 Å². The lowest BCUT2D eigenvalue weighted by molar-refractivity contribution is -0.149. The summed E-state index contributed by atoms with van der Waals surface area (Å²) in [5.41, 5.74) is 0.680. The molecule has 0 spiro atoms. The maximum Gasteiger partial charge on any atom is 0.326 e. The first-order chi connectivity index (χ1) is 15.8. The molecular weight excluding hydrogens is 448 g/mol. The van der Waals surface area contributed by atoms with Gasteiger partial charge in [0.25, 0.3) is 0 Å². The van der Waals surface area contributed by atoms with E-state index in [2.05, 4.69) is 28.6 Å². The van der Waals surface area contributed by atoms with Crippen LogP contribution in [-0.2, 0) is 25.6 Å². The predicted octanol–water partition coefficient (Wildman–Crippen LogP) is -0.338. The summed E-state index contributed by atoms with van der Waals surface area (Å²) in [5, 5.41) is 27.4. The second-order valence-electron chi connectivity index (χ2n) is 8.35. The van der Waals surface area contributed by atoms with Gasteiger partial charge in [-0.15, -0.1) is 0 Å². The summed E-state index contributed by atoms with van der Waals surface area (Å²) in [7, 11) is 0. The average Bonchev–Trinajstić information content (AvgIpc) is 3.50. The van der Waals surface area contributed by atoms with E-state index in [1.54, 1.807) is 12.1 Å². The van der Waals surface area contributed by atoms with Gasteiger partial charge in [-0.3, -0.25) is 14.4 Å². The van der Waals surface area contributed by atoms with E-state index in [0.717, 1.165) is 13.0 Å². The summed E-state index contributed by atoms with van der Waals surface area (Å²) in [6, 6.07) is 2.91. The number of amides is 3. The second-order valence-corrected chi connectivity index (χ2v) is 8.72. The Labute approximate surface area is 197 Å². The molecule has 1 aromatic carbocycles. The lowest BCUT2D eigenvalue weighted by Crippen LogP contribution is -2.58. The number of rotatable bonds is 9. The summed E-state index contributed by atoms with van der Waals surface area (Å²) >= 11 is 4.19. The van der Waals surface area contributed by atoms with Crippen molar-refractivity contribution in [2.75, 3.05) is 18.8 Å². The van der Waals surface area contributed by atoms with E-state index >= 15 is 0 Å². The van der Waals surface area contributed by atoms with Crippen LogP contribution in [0, 0.1) is 0 Å². The number of carboxylic acids is 1. The number of nitrogens with zero attached hydrogens (tertiary/aromatic N) is 1. The van der Waals surface area contributed by atoms with E-state index in [4.69, 9.17) is 0 Å². The van der Waals surface area contributed by atoms with Gasteiger partial charge in [-0.1, -0.05) is 12.1 Å². The third-order valence-corrected chi connectivity index (χ3v) is 6.37. The smallest absolute Gasteiger partial charge is 0.326 e. The first-order valence-corrected chi connectivity index (χ1v) is 11.7. The number of thiol groups is 1. The number of benzene rings is 1. The summed E-state index contributed by atoms with van der Waals surface area (Å²) < 4.78 is 0. The molecule has 180 valence electrons. The minimum atomic E-state index is -1.08. The Balaban J connectivity index is 1.74. The molecule has 11 heteroatoms. The fourth-order valence-corrected chi connectivity index (χ4v) is 4.46. The number of nitrogens with one attached hydrogen (secondary N) is 3. The number of carbonyl (C=O) groups is 4. The number of likely N-dealkylation sites (tertiary alicyclic amines) is 1. The van der Waals surface area contributed by atoms with Gasteiger partial charge in [0.15, 0.2) is 0 Å². The molecule has 0 aromatic heterocycles. The molecule has 10 nitrogen and oxygen atoms in total. The first kappa shape index (κ1) is 24.8. The maximum absolute atomic E-state index is 13.3. The van der Waals surface area contributed by atoms with Gasteiger partial charge in [0.05, 0.1) is 6.04 Å². The molecule has 0 saturated carbocycles. The van der Waals surface area contributed by atoms with Crippen LogP contribution >= 0.6 is 12.6 Å². The molecule has 4 atom stereocenters. The second kappa shape index (κ2) is 11.4. The van der Waals surface area contributed by atoms with Crippen molar-refractivity contribution in [2.24, 2.45) is 0 Å². The van der Waals surface area contributed by atoms with Crippen LogP contribution in [0.5, 0.6) is 5.75 Å². The van der Waals surface area contributed by atoms with Crippen LogP contribution in [0.4, 0.5) is 0 Å². The topological polar surface area (TPSA) is 148 Å². The van der Waals surface area contributed by atoms with Crippen LogP contribution in [-0.4, -0.2) is 81.8 Å². The van der Waals surface area contributed by atoms with E-state index in [-0.39, 0.29) is 36.4 Å². The Morgan fingerprint density at radius 1 is 1.09 bits per heavy atom. The molecule has 0 radical (unpaired) electrons. The Bertz CT molecular complexity index is 874. The zero-order valence-corrected chi connectivity index (χ0v) is 19.1. The quantitative estimate of drug-likeness (QED) is 0.266. The molecule has 2 aliphatic heterocycles. The van der Waals surface area contributed by atoms with Crippen molar-refractivity contribution < 1.29 is 29.4 Å². The van der Waals surface area contributed by atoms with Crippen LogP contribution < -0.4 is 16.0 Å². The lowest BCUT2D eigenvalue weighted by atomic mass is 10.0. The number of phenols is 1. The van der Waals surface area contributed by atoms with E-state index in [1.807, 2.05) is 0 Å². The zero-order chi connectivity index (χ0) is 24.0. The zero-order valence-electron chi connectivity index (χ0n) is 18.2. The fraction of sp³-hybridized carbons (Fsp3) is 0.545. The van der Waals surface area contributed by atoms with Crippen molar-refractivity contribution in [1.29, 1.82) is 0 Å². The molecular formula is C22H30N4O6S. The van der Waals surface area contributed by atoms with Crippen molar-refractivity contribution in [2.45, 2.75) is 56.3 Å². The van der Waals surface area contributed by atoms with Crippen molar-refractivity contribution in [3.8, 4) is 5.75 Å². The molecule has 2 heterocycles. The number of hydrogen-bond acceptors (Lipinski definition) is 7. The Hall–Kier alpha value is -2.79. The normalized spacial score (nSPS) is 21.9. The van der Waals surface area contributed by atoms with Gasteiger partial charge >= 0.3 is 5.97 Å². The molecule has 2 saturated heterocycles. The van der Waals surface area contributed by atoms with Crippen molar-refractivity contribution >= 4 is 36.3 Å². The number of carbonyl (C=O) groups excluding carboxylic acids is 3. The Morgan fingerprint density at radius 3 is 2.42 bits per heavy atom. The van der Waals surface area contributed by atoms with Gasteiger partial charge in [0.1, 0.15) is 23.9 Å². The van der Waals surface area contributed by atoms with Crippen molar-refractivity contribution in [3.05, 3.63) is 29.8 Å². The number of hydrogen-bond donors (Lipinski definition) is 6. The minimum absolute atomic E-state index is 0.0336. The van der Waals surface area contributed by atoms with Crippen LogP contribution in [0.3, 0.4) is 0 Å². The Kier molecular flexibility index (Phi) is 8.56. The third kappa shape index (κ3) is 6.38. The third-order valence-electron chi connectivity index (χ3n) is 6.00. The lowest BCUT2D eigenvalue weighted by Gasteiger charge is -2.29. The molecule has 0 bridgehead atoms. The fourth-order valence-electron chi connectivity index (χ4n) is 4.20. The molecule has 1 aromatic rings. The summed E-state index contributed by atoms with van der Waals surface area (Å²) in [6.07, 6.45) is 2.57. The SMILES string of the molecule is O=C(NC(CS)C(=O)NC(Cc1ccc(O)cc1)C(=O)N1CCCC1C(=O)O)C1CCCN1.